The van der Waals surface area contributed by atoms with Gasteiger partial charge in [-0.05, 0) is 38.7 Å². The van der Waals surface area contributed by atoms with Gasteiger partial charge in [-0.3, -0.25) is 10.1 Å². The van der Waals surface area contributed by atoms with Crippen LogP contribution in [0.25, 0.3) is 6.08 Å². The Kier molecular flexibility index (Phi) is 3.93. The number of anilines is 1. The van der Waals surface area contributed by atoms with Crippen molar-refractivity contribution in [2.24, 2.45) is 0 Å². The van der Waals surface area contributed by atoms with E-state index in [0.717, 1.165) is 29.2 Å². The number of nitrogens with zero attached hydrogens (tertiary/aromatic N) is 2. The van der Waals surface area contributed by atoms with Gasteiger partial charge >= 0.3 is 0 Å². The molecule has 104 valence electrons. The number of amides is 1. The van der Waals surface area contributed by atoms with Gasteiger partial charge in [0.15, 0.2) is 5.13 Å². The summed E-state index contributed by atoms with van der Waals surface area (Å²) in [5.74, 6) is -0.151. The fourth-order valence-electron chi connectivity index (χ4n) is 2.17. The molecule has 0 radical (unpaired) electrons. The van der Waals surface area contributed by atoms with Crippen molar-refractivity contribution < 1.29 is 4.79 Å². The van der Waals surface area contributed by atoms with Gasteiger partial charge in [-0.25, -0.2) is 9.97 Å². The minimum absolute atomic E-state index is 0.151. The van der Waals surface area contributed by atoms with Crippen LogP contribution in [0.4, 0.5) is 5.13 Å². The predicted molar refractivity (Wildman–Crippen MR) is 83.3 cm³/mol. The maximum atomic E-state index is 11.8. The summed E-state index contributed by atoms with van der Waals surface area (Å²) in [6.45, 7) is 1.95. The van der Waals surface area contributed by atoms with Crippen LogP contribution in [-0.2, 0) is 17.6 Å². The molecule has 6 heteroatoms. The summed E-state index contributed by atoms with van der Waals surface area (Å²) in [5.41, 5.74) is 1.98. The van der Waals surface area contributed by atoms with Gasteiger partial charge in [0, 0.05) is 16.3 Å². The Labute approximate surface area is 125 Å². The Hall–Kier alpha value is -1.53. The lowest BCUT2D eigenvalue weighted by atomic mass is 10.0. The Morgan fingerprint density at radius 2 is 2.20 bits per heavy atom. The summed E-state index contributed by atoms with van der Waals surface area (Å²) >= 11 is 3.17. The average molecular weight is 305 g/mol. The molecule has 2 aromatic heterocycles. The summed E-state index contributed by atoms with van der Waals surface area (Å²) in [4.78, 5) is 21.9. The third kappa shape index (κ3) is 3.13. The highest BCUT2D eigenvalue weighted by Gasteiger charge is 2.15. The van der Waals surface area contributed by atoms with E-state index in [2.05, 4.69) is 15.3 Å². The average Bonchev–Trinajstić information content (AvgIpc) is 3.01. The summed E-state index contributed by atoms with van der Waals surface area (Å²) in [5, 5.41) is 6.47. The highest BCUT2D eigenvalue weighted by molar-refractivity contribution is 7.15. The number of hydrogen-bond donors (Lipinski definition) is 1. The van der Waals surface area contributed by atoms with Gasteiger partial charge in [0.1, 0.15) is 0 Å². The van der Waals surface area contributed by atoms with Crippen LogP contribution < -0.4 is 5.32 Å². The smallest absolute Gasteiger partial charge is 0.250 e. The second kappa shape index (κ2) is 5.85. The van der Waals surface area contributed by atoms with Crippen LogP contribution in [0.5, 0.6) is 0 Å². The van der Waals surface area contributed by atoms with Crippen molar-refractivity contribution in [2.45, 2.75) is 32.6 Å². The lowest BCUT2D eigenvalue weighted by Crippen LogP contribution is -2.07. The summed E-state index contributed by atoms with van der Waals surface area (Å²) in [6, 6.07) is 0. The molecular formula is C14H15N3OS2. The first-order valence-electron chi connectivity index (χ1n) is 6.60. The zero-order chi connectivity index (χ0) is 13.9. The molecule has 0 atom stereocenters. The lowest BCUT2D eigenvalue weighted by Gasteiger charge is -2.06. The van der Waals surface area contributed by atoms with Crippen LogP contribution in [0.15, 0.2) is 11.5 Å². The van der Waals surface area contributed by atoms with Crippen molar-refractivity contribution in [3.8, 4) is 0 Å². The first kappa shape index (κ1) is 13.5. The SMILES string of the molecule is Cc1nc(/C=C/C(=O)Nc2nc3c(s2)CCCC3)cs1. The van der Waals surface area contributed by atoms with E-state index in [1.807, 2.05) is 12.3 Å². The van der Waals surface area contributed by atoms with E-state index in [-0.39, 0.29) is 5.91 Å². The van der Waals surface area contributed by atoms with Crippen molar-refractivity contribution in [3.63, 3.8) is 0 Å². The highest BCUT2D eigenvalue weighted by atomic mass is 32.1. The monoisotopic (exact) mass is 305 g/mol. The maximum Gasteiger partial charge on any atom is 0.250 e. The third-order valence-corrected chi connectivity index (χ3v) is 4.98. The summed E-state index contributed by atoms with van der Waals surface area (Å²) in [6.07, 6.45) is 7.80. The molecule has 1 aliphatic carbocycles. The van der Waals surface area contributed by atoms with E-state index in [1.54, 1.807) is 28.7 Å². The molecule has 1 amide bonds. The zero-order valence-electron chi connectivity index (χ0n) is 11.2. The van der Waals surface area contributed by atoms with Gasteiger partial charge in [-0.15, -0.1) is 22.7 Å². The predicted octanol–water partition coefficient (Wildman–Crippen LogP) is 3.44. The number of thiazole rings is 2. The van der Waals surface area contributed by atoms with Gasteiger partial charge in [0.2, 0.25) is 5.91 Å². The van der Waals surface area contributed by atoms with E-state index in [4.69, 9.17) is 0 Å². The molecule has 0 unspecified atom stereocenters. The maximum absolute atomic E-state index is 11.8. The first-order valence-corrected chi connectivity index (χ1v) is 8.30. The van der Waals surface area contributed by atoms with Crippen LogP contribution in [0.2, 0.25) is 0 Å². The largest absolute Gasteiger partial charge is 0.298 e. The lowest BCUT2D eigenvalue weighted by molar-refractivity contribution is -0.111. The molecule has 0 aliphatic heterocycles. The minimum Gasteiger partial charge on any atom is -0.298 e. The van der Waals surface area contributed by atoms with Crippen molar-refractivity contribution in [2.75, 3.05) is 5.32 Å². The molecule has 4 nitrogen and oxygen atoms in total. The van der Waals surface area contributed by atoms with Gasteiger partial charge < -0.3 is 0 Å². The quantitative estimate of drug-likeness (QED) is 0.884. The van der Waals surface area contributed by atoms with Crippen LogP contribution >= 0.6 is 22.7 Å². The molecule has 20 heavy (non-hydrogen) atoms. The molecular weight excluding hydrogens is 290 g/mol. The number of carbonyl (C=O) groups is 1. The molecule has 1 N–H and O–H groups in total. The van der Waals surface area contributed by atoms with Crippen LogP contribution in [-0.4, -0.2) is 15.9 Å². The fourth-order valence-corrected chi connectivity index (χ4v) is 3.80. The van der Waals surface area contributed by atoms with Crippen molar-refractivity contribution in [1.29, 1.82) is 0 Å². The molecule has 0 fully saturated rings. The molecule has 0 saturated heterocycles. The third-order valence-electron chi connectivity index (χ3n) is 3.12. The van der Waals surface area contributed by atoms with Gasteiger partial charge in [0.05, 0.1) is 16.4 Å². The zero-order valence-corrected chi connectivity index (χ0v) is 12.8. The van der Waals surface area contributed by atoms with Gasteiger partial charge in [-0.1, -0.05) is 0 Å². The second-order valence-corrected chi connectivity index (χ2v) is 6.86. The molecule has 3 rings (SSSR count). The van der Waals surface area contributed by atoms with Crippen molar-refractivity contribution in [3.05, 3.63) is 32.7 Å². The molecule has 1 aliphatic rings. The van der Waals surface area contributed by atoms with E-state index >= 15 is 0 Å². The standard InChI is InChI=1S/C14H15N3OS2/c1-9-15-10(8-19-9)6-7-13(18)17-14-16-11-4-2-3-5-12(11)20-14/h6-8H,2-5H2,1H3,(H,16,17,18)/b7-6+. The number of fused-ring (bicyclic) bond motifs is 1. The van der Waals surface area contributed by atoms with Crippen molar-refractivity contribution >= 4 is 39.8 Å². The number of carbonyl (C=O) groups excluding carboxylic acids is 1. The first-order chi connectivity index (χ1) is 9.70. The van der Waals surface area contributed by atoms with E-state index in [0.29, 0.717) is 5.13 Å². The number of hydrogen-bond acceptors (Lipinski definition) is 5. The molecule has 2 aromatic rings. The molecule has 0 bridgehead atoms. The number of nitrogens with one attached hydrogen (secondary N) is 1. The van der Waals surface area contributed by atoms with Crippen LogP contribution in [0.1, 0.15) is 34.1 Å². The van der Waals surface area contributed by atoms with E-state index < -0.39 is 0 Å². The summed E-state index contributed by atoms with van der Waals surface area (Å²) in [7, 11) is 0. The number of aryl methyl sites for hydroxylation is 3. The van der Waals surface area contributed by atoms with Crippen LogP contribution in [0.3, 0.4) is 0 Å². The van der Waals surface area contributed by atoms with E-state index in [1.165, 1.54) is 23.8 Å². The van der Waals surface area contributed by atoms with E-state index in [9.17, 15) is 4.79 Å². The Morgan fingerprint density at radius 3 is 2.95 bits per heavy atom. The van der Waals surface area contributed by atoms with Crippen molar-refractivity contribution in [1.82, 2.24) is 9.97 Å². The van der Waals surface area contributed by atoms with Gasteiger partial charge in [0.25, 0.3) is 0 Å². The Bertz CT molecular complexity index is 634. The topological polar surface area (TPSA) is 54.9 Å². The molecule has 2 heterocycles. The van der Waals surface area contributed by atoms with Gasteiger partial charge in [-0.2, -0.15) is 0 Å². The Balaban J connectivity index is 1.64. The Morgan fingerprint density at radius 1 is 1.35 bits per heavy atom. The normalized spacial score (nSPS) is 14.4. The molecule has 0 spiro atoms. The highest BCUT2D eigenvalue weighted by Crippen LogP contribution is 2.29. The fraction of sp³-hybridized carbons (Fsp3) is 0.357. The molecule has 0 aromatic carbocycles. The number of rotatable bonds is 3. The second-order valence-electron chi connectivity index (χ2n) is 4.71. The van der Waals surface area contributed by atoms with Crippen LogP contribution in [0, 0.1) is 6.92 Å². The molecule has 0 saturated carbocycles. The minimum atomic E-state index is -0.151. The summed E-state index contributed by atoms with van der Waals surface area (Å²) < 4.78 is 0. The number of aromatic nitrogens is 2.